The second-order valence-corrected chi connectivity index (χ2v) is 5.84. The summed E-state index contributed by atoms with van der Waals surface area (Å²) in [6.45, 7) is 8.04. The molecule has 25 heavy (non-hydrogen) atoms. The lowest BCUT2D eigenvalue weighted by Crippen LogP contribution is -2.35. The lowest BCUT2D eigenvalue weighted by Gasteiger charge is -2.17. The number of aryl methyl sites for hydroxylation is 1. The van der Waals surface area contributed by atoms with Gasteiger partial charge in [-0.05, 0) is 26.1 Å². The van der Waals surface area contributed by atoms with E-state index in [0.717, 1.165) is 19.2 Å². The second-order valence-electron chi connectivity index (χ2n) is 5.46. The molecule has 0 unspecified atom stereocenters. The van der Waals surface area contributed by atoms with Crippen molar-refractivity contribution < 1.29 is 18.0 Å². The van der Waals surface area contributed by atoms with Crippen molar-refractivity contribution in [2.75, 3.05) is 26.2 Å². The predicted octanol–water partition coefficient (Wildman–Crippen LogP) is 2.78. The lowest BCUT2D eigenvalue weighted by atomic mass is 10.3. The summed E-state index contributed by atoms with van der Waals surface area (Å²) in [5.41, 5.74) is -1.36. The Labute approximate surface area is 148 Å². The highest BCUT2D eigenvalue weighted by Gasteiger charge is 2.36. The van der Waals surface area contributed by atoms with Crippen LogP contribution in [0.25, 0.3) is 5.65 Å². The lowest BCUT2D eigenvalue weighted by molar-refractivity contribution is -0.142. The van der Waals surface area contributed by atoms with Gasteiger partial charge in [-0.2, -0.15) is 18.3 Å². The van der Waals surface area contributed by atoms with E-state index in [1.165, 1.54) is 6.92 Å². The highest BCUT2D eigenvalue weighted by Crippen LogP contribution is 2.32. The molecule has 0 bridgehead atoms. The van der Waals surface area contributed by atoms with Gasteiger partial charge >= 0.3 is 6.18 Å². The number of carbonyl (C=O) groups excluding carboxylic acids is 1. The fourth-order valence-electron chi connectivity index (χ4n) is 2.41. The number of nitrogens with one attached hydrogen (secondary N) is 1. The number of fused-ring (bicyclic) bond motifs is 1. The van der Waals surface area contributed by atoms with Gasteiger partial charge in [0.25, 0.3) is 5.91 Å². The summed E-state index contributed by atoms with van der Waals surface area (Å²) in [6, 6.07) is 0.860. The maximum atomic E-state index is 13.2. The van der Waals surface area contributed by atoms with Gasteiger partial charge in [-0.3, -0.25) is 4.79 Å². The van der Waals surface area contributed by atoms with Crippen LogP contribution in [-0.2, 0) is 6.18 Å². The molecule has 0 saturated heterocycles. The van der Waals surface area contributed by atoms with Gasteiger partial charge < -0.3 is 10.2 Å². The molecule has 0 aliphatic heterocycles. The highest BCUT2D eigenvalue weighted by molar-refractivity contribution is 6.36. The van der Waals surface area contributed by atoms with E-state index in [0.29, 0.717) is 17.6 Å². The summed E-state index contributed by atoms with van der Waals surface area (Å²) >= 11 is 6.06. The Morgan fingerprint density at radius 2 is 2.00 bits per heavy atom. The van der Waals surface area contributed by atoms with Crippen molar-refractivity contribution in [2.24, 2.45) is 0 Å². The van der Waals surface area contributed by atoms with Crippen LogP contribution < -0.4 is 5.32 Å². The van der Waals surface area contributed by atoms with E-state index in [1.807, 2.05) is 13.8 Å². The van der Waals surface area contributed by atoms with Crippen molar-refractivity contribution in [1.29, 1.82) is 0 Å². The zero-order valence-electron chi connectivity index (χ0n) is 14.1. The average Bonchev–Trinajstić information content (AvgIpc) is 2.87. The summed E-state index contributed by atoms with van der Waals surface area (Å²) < 4.78 is 40.1. The van der Waals surface area contributed by atoms with Crippen LogP contribution in [0.1, 0.15) is 35.7 Å². The van der Waals surface area contributed by atoms with Crippen LogP contribution in [-0.4, -0.2) is 51.6 Å². The second kappa shape index (κ2) is 7.57. The zero-order valence-corrected chi connectivity index (χ0v) is 14.9. The third kappa shape index (κ3) is 4.21. The van der Waals surface area contributed by atoms with Crippen molar-refractivity contribution in [1.82, 2.24) is 24.8 Å². The molecule has 0 atom stereocenters. The maximum Gasteiger partial charge on any atom is 0.433 e. The van der Waals surface area contributed by atoms with Crippen LogP contribution in [0.3, 0.4) is 0 Å². The summed E-state index contributed by atoms with van der Waals surface area (Å²) in [5, 5.41) is 6.16. The van der Waals surface area contributed by atoms with Gasteiger partial charge in [0.2, 0.25) is 0 Å². The minimum atomic E-state index is -4.64. The van der Waals surface area contributed by atoms with Crippen molar-refractivity contribution in [3.63, 3.8) is 0 Å². The Kier molecular flexibility index (Phi) is 5.89. The molecule has 6 nitrogen and oxygen atoms in total. The molecule has 0 saturated carbocycles. The first-order chi connectivity index (χ1) is 11.7. The first kappa shape index (κ1) is 19.5. The molecule has 0 aliphatic carbocycles. The van der Waals surface area contributed by atoms with E-state index in [9.17, 15) is 18.0 Å². The molecule has 2 heterocycles. The number of likely N-dealkylation sites (N-methyl/N-ethyl adjacent to an activating group) is 1. The molecule has 2 aromatic rings. The van der Waals surface area contributed by atoms with E-state index < -0.39 is 17.8 Å². The van der Waals surface area contributed by atoms with Crippen LogP contribution in [0, 0.1) is 6.92 Å². The van der Waals surface area contributed by atoms with Gasteiger partial charge in [0.05, 0.1) is 0 Å². The molecule has 0 aromatic carbocycles. The molecule has 138 valence electrons. The Morgan fingerprint density at radius 1 is 1.36 bits per heavy atom. The first-order valence-corrected chi connectivity index (χ1v) is 8.20. The molecular weight excluding hydrogens is 359 g/mol. The minimum absolute atomic E-state index is 0.134. The quantitative estimate of drug-likeness (QED) is 0.840. The van der Waals surface area contributed by atoms with Crippen LogP contribution in [0.4, 0.5) is 13.2 Å². The van der Waals surface area contributed by atoms with Crippen LogP contribution >= 0.6 is 11.6 Å². The molecule has 0 fully saturated rings. The Morgan fingerprint density at radius 3 is 2.56 bits per heavy atom. The summed E-state index contributed by atoms with van der Waals surface area (Å²) in [5.74, 6) is -0.631. The van der Waals surface area contributed by atoms with Gasteiger partial charge in [0, 0.05) is 18.8 Å². The standard InChI is InChI=1S/C15H19ClF3N5O/c1-4-23(5-2)7-6-20-14(25)12-11(16)13-21-9(3)8-10(15(17,18)19)24(13)22-12/h8H,4-7H2,1-3H3,(H,20,25). The van der Waals surface area contributed by atoms with Crippen LogP contribution in [0.5, 0.6) is 0 Å². The molecule has 0 aliphatic rings. The molecule has 1 N–H and O–H groups in total. The van der Waals surface area contributed by atoms with E-state index in [4.69, 9.17) is 11.6 Å². The normalized spacial score (nSPS) is 12.2. The molecule has 0 radical (unpaired) electrons. The predicted molar refractivity (Wildman–Crippen MR) is 87.9 cm³/mol. The monoisotopic (exact) mass is 377 g/mol. The van der Waals surface area contributed by atoms with E-state index in [-0.39, 0.29) is 22.1 Å². The number of aromatic nitrogens is 3. The van der Waals surface area contributed by atoms with Gasteiger partial charge in [0.15, 0.2) is 11.3 Å². The van der Waals surface area contributed by atoms with Gasteiger partial charge in [-0.1, -0.05) is 25.4 Å². The summed E-state index contributed by atoms with van der Waals surface area (Å²) in [7, 11) is 0. The minimum Gasteiger partial charge on any atom is -0.349 e. The highest BCUT2D eigenvalue weighted by atomic mass is 35.5. The third-order valence-electron chi connectivity index (χ3n) is 3.77. The summed E-state index contributed by atoms with van der Waals surface area (Å²) in [6.07, 6.45) is -4.64. The number of rotatable bonds is 6. The largest absolute Gasteiger partial charge is 0.433 e. The topological polar surface area (TPSA) is 62.5 Å². The number of nitrogens with zero attached hydrogens (tertiary/aromatic N) is 4. The Bertz CT molecular complexity index is 771. The van der Waals surface area contributed by atoms with Gasteiger partial charge in [-0.15, -0.1) is 0 Å². The summed E-state index contributed by atoms with van der Waals surface area (Å²) in [4.78, 5) is 18.3. The average molecular weight is 378 g/mol. The zero-order chi connectivity index (χ0) is 18.8. The Balaban J connectivity index is 2.30. The van der Waals surface area contributed by atoms with Crippen molar-refractivity contribution in [3.8, 4) is 0 Å². The maximum absolute atomic E-state index is 13.2. The third-order valence-corrected chi connectivity index (χ3v) is 4.12. The van der Waals surface area contributed by atoms with E-state index in [1.54, 1.807) is 0 Å². The number of hydrogen-bond donors (Lipinski definition) is 1. The van der Waals surface area contributed by atoms with Gasteiger partial charge in [0.1, 0.15) is 10.7 Å². The molecule has 10 heteroatoms. The first-order valence-electron chi connectivity index (χ1n) is 7.82. The van der Waals surface area contributed by atoms with E-state index in [2.05, 4.69) is 20.3 Å². The van der Waals surface area contributed by atoms with Crippen LogP contribution in [0.15, 0.2) is 6.07 Å². The molecule has 2 rings (SSSR count). The van der Waals surface area contributed by atoms with Crippen molar-refractivity contribution in [2.45, 2.75) is 26.9 Å². The van der Waals surface area contributed by atoms with Crippen LogP contribution in [0.2, 0.25) is 5.02 Å². The molecule has 1 amide bonds. The number of halogens is 4. The molecule has 0 spiro atoms. The number of carbonyl (C=O) groups is 1. The van der Waals surface area contributed by atoms with Crippen molar-refractivity contribution >= 4 is 23.2 Å². The SMILES string of the molecule is CCN(CC)CCNC(=O)c1nn2c(C(F)(F)F)cc(C)nc2c1Cl. The Hall–Kier alpha value is -1.87. The fraction of sp³-hybridized carbons (Fsp3) is 0.533. The fourth-order valence-corrected chi connectivity index (χ4v) is 2.66. The number of amides is 1. The number of alkyl halides is 3. The van der Waals surface area contributed by atoms with Crippen molar-refractivity contribution in [3.05, 3.63) is 28.2 Å². The van der Waals surface area contributed by atoms with E-state index >= 15 is 0 Å². The molecular formula is C15H19ClF3N5O. The smallest absolute Gasteiger partial charge is 0.349 e. The molecule has 2 aromatic heterocycles. The van der Waals surface area contributed by atoms with Gasteiger partial charge in [-0.25, -0.2) is 9.50 Å². The number of hydrogen-bond acceptors (Lipinski definition) is 4.